The van der Waals surface area contributed by atoms with Gasteiger partial charge in [0.1, 0.15) is 5.76 Å². The van der Waals surface area contributed by atoms with Crippen LogP contribution in [0.2, 0.25) is 0 Å². The van der Waals surface area contributed by atoms with Gasteiger partial charge in [0, 0.05) is 6.42 Å². The topological polar surface area (TPSA) is 9.23 Å². The molecule has 0 aliphatic rings. The molecule has 1 heteroatoms. The van der Waals surface area contributed by atoms with Gasteiger partial charge in [-0.05, 0) is 56.6 Å². The number of unbranched alkanes of at least 4 members (excludes halogenated alkanes) is 37. The Morgan fingerprint density at radius 3 is 0.830 bits per heavy atom. The van der Waals surface area contributed by atoms with Gasteiger partial charge in [-0.25, -0.2) is 0 Å². The van der Waals surface area contributed by atoms with Crippen molar-refractivity contribution in [3.8, 4) is 0 Å². The Balaban J connectivity index is 5.01. The zero-order chi connectivity index (χ0) is 38.4. The molecule has 0 aliphatic carbocycles. The van der Waals surface area contributed by atoms with E-state index in [0.717, 1.165) is 6.42 Å². The monoisotopic (exact) mass is 743 g/mol. The molecule has 0 atom stereocenters. The van der Waals surface area contributed by atoms with E-state index in [2.05, 4.69) is 40.0 Å². The summed E-state index contributed by atoms with van der Waals surface area (Å²) in [6.07, 6.45) is 65.8. The van der Waals surface area contributed by atoms with E-state index in [4.69, 9.17) is 4.74 Å². The number of hydrogen-bond donors (Lipinski definition) is 0. The van der Waals surface area contributed by atoms with Crippen LogP contribution in [0, 0.1) is 0 Å². The van der Waals surface area contributed by atoms with E-state index < -0.39 is 0 Å². The maximum absolute atomic E-state index is 6.66. The van der Waals surface area contributed by atoms with Crippen LogP contribution in [0.25, 0.3) is 0 Å². The predicted molar refractivity (Wildman–Crippen MR) is 243 cm³/mol. The van der Waals surface area contributed by atoms with E-state index in [9.17, 15) is 0 Å². The summed E-state index contributed by atoms with van der Waals surface area (Å²) in [5.41, 5.74) is 1.68. The van der Waals surface area contributed by atoms with Crippen LogP contribution in [0.1, 0.15) is 310 Å². The van der Waals surface area contributed by atoms with E-state index in [1.165, 1.54) is 282 Å². The second-order valence-electron chi connectivity index (χ2n) is 17.3. The van der Waals surface area contributed by atoms with E-state index in [0.29, 0.717) is 0 Å². The SMILES string of the molecule is CCCCCCCCCCCCC=COC(CCCCCCCCCCCC)=C(CCCCCCCCCCCC)CCCCCCCCCCCC. The summed E-state index contributed by atoms with van der Waals surface area (Å²) in [6.45, 7) is 9.28. The van der Waals surface area contributed by atoms with Gasteiger partial charge in [0.05, 0.1) is 6.26 Å². The standard InChI is InChI=1S/C52H102O/c1-5-9-13-17-21-25-29-30-34-38-42-46-50-53-52(49-45-41-37-33-28-24-20-16-12-8-4)51(47-43-39-35-31-26-22-18-14-10-6-2)48-44-40-36-32-27-23-19-15-11-7-3/h46,50H,5-45,47-49H2,1-4H3. The molecule has 0 aromatic rings. The van der Waals surface area contributed by atoms with Crippen LogP contribution >= 0.6 is 0 Å². The van der Waals surface area contributed by atoms with Crippen molar-refractivity contribution in [1.82, 2.24) is 0 Å². The van der Waals surface area contributed by atoms with Gasteiger partial charge in [0.25, 0.3) is 0 Å². The normalized spacial score (nSPS) is 11.6. The second-order valence-corrected chi connectivity index (χ2v) is 17.3. The third kappa shape index (κ3) is 42.3. The molecule has 316 valence electrons. The molecule has 0 N–H and O–H groups in total. The maximum atomic E-state index is 6.66. The van der Waals surface area contributed by atoms with Crippen LogP contribution in [0.3, 0.4) is 0 Å². The van der Waals surface area contributed by atoms with Crippen molar-refractivity contribution in [2.24, 2.45) is 0 Å². The third-order valence-electron chi connectivity index (χ3n) is 11.8. The Kier molecular flexibility index (Phi) is 46.8. The lowest BCUT2D eigenvalue weighted by Gasteiger charge is -2.16. The van der Waals surface area contributed by atoms with E-state index in [1.54, 1.807) is 5.57 Å². The van der Waals surface area contributed by atoms with Gasteiger partial charge < -0.3 is 4.74 Å². The minimum Gasteiger partial charge on any atom is -0.470 e. The molecular weight excluding hydrogens is 641 g/mol. The fraction of sp³-hybridized carbons (Fsp3) is 0.923. The molecule has 0 saturated carbocycles. The zero-order valence-corrected chi connectivity index (χ0v) is 37.7. The van der Waals surface area contributed by atoms with Crippen LogP contribution < -0.4 is 0 Å². The largest absolute Gasteiger partial charge is 0.470 e. The fourth-order valence-electron chi connectivity index (χ4n) is 8.10. The van der Waals surface area contributed by atoms with Crippen molar-refractivity contribution in [3.05, 3.63) is 23.7 Å². The highest BCUT2D eigenvalue weighted by molar-refractivity contribution is 5.10. The van der Waals surface area contributed by atoms with Gasteiger partial charge in [-0.3, -0.25) is 0 Å². The lowest BCUT2D eigenvalue weighted by atomic mass is 9.96. The highest BCUT2D eigenvalue weighted by Gasteiger charge is 2.10. The molecule has 0 radical (unpaired) electrons. The van der Waals surface area contributed by atoms with Crippen LogP contribution in [0.4, 0.5) is 0 Å². The lowest BCUT2D eigenvalue weighted by Crippen LogP contribution is -1.98. The zero-order valence-electron chi connectivity index (χ0n) is 37.7. The molecular formula is C52H102O. The maximum Gasteiger partial charge on any atom is 0.102 e. The molecule has 0 aromatic heterocycles. The van der Waals surface area contributed by atoms with Crippen LogP contribution in [-0.2, 0) is 4.74 Å². The first-order chi connectivity index (χ1) is 26.3. The molecule has 0 spiro atoms. The van der Waals surface area contributed by atoms with Crippen LogP contribution in [0.5, 0.6) is 0 Å². The summed E-state index contributed by atoms with van der Waals surface area (Å²) in [4.78, 5) is 0. The second kappa shape index (κ2) is 47.4. The van der Waals surface area contributed by atoms with Crippen molar-refractivity contribution in [1.29, 1.82) is 0 Å². The minimum atomic E-state index is 1.16. The number of rotatable bonds is 46. The van der Waals surface area contributed by atoms with Crippen molar-refractivity contribution in [2.75, 3.05) is 0 Å². The average Bonchev–Trinajstić information content (AvgIpc) is 3.17. The highest BCUT2D eigenvalue weighted by atomic mass is 16.5. The molecule has 0 saturated heterocycles. The smallest absolute Gasteiger partial charge is 0.102 e. The first-order valence-electron chi connectivity index (χ1n) is 25.3. The molecule has 0 bridgehead atoms. The Hall–Kier alpha value is -0.720. The van der Waals surface area contributed by atoms with E-state index in [1.807, 2.05) is 0 Å². The molecule has 0 aromatic carbocycles. The first-order valence-corrected chi connectivity index (χ1v) is 25.3. The fourth-order valence-corrected chi connectivity index (χ4v) is 8.10. The minimum absolute atomic E-state index is 1.16. The molecule has 0 amide bonds. The summed E-state index contributed by atoms with van der Waals surface area (Å²) in [7, 11) is 0. The lowest BCUT2D eigenvalue weighted by molar-refractivity contribution is 0.315. The van der Waals surface area contributed by atoms with Gasteiger partial charge in [0.2, 0.25) is 0 Å². The molecule has 53 heavy (non-hydrogen) atoms. The average molecular weight is 743 g/mol. The Labute approximate surface area is 337 Å². The summed E-state index contributed by atoms with van der Waals surface area (Å²) >= 11 is 0. The summed E-state index contributed by atoms with van der Waals surface area (Å²) in [5, 5.41) is 0. The van der Waals surface area contributed by atoms with Crippen molar-refractivity contribution >= 4 is 0 Å². The first kappa shape index (κ1) is 52.3. The summed E-state index contributed by atoms with van der Waals surface area (Å²) in [6, 6.07) is 0. The van der Waals surface area contributed by atoms with Gasteiger partial charge in [-0.15, -0.1) is 0 Å². The third-order valence-corrected chi connectivity index (χ3v) is 11.8. The Bertz CT molecular complexity index is 693. The van der Waals surface area contributed by atoms with Crippen molar-refractivity contribution < 1.29 is 4.74 Å². The Morgan fingerprint density at radius 1 is 0.283 bits per heavy atom. The quantitative estimate of drug-likeness (QED) is 0.0446. The van der Waals surface area contributed by atoms with Gasteiger partial charge in [-0.2, -0.15) is 0 Å². The van der Waals surface area contributed by atoms with Gasteiger partial charge in [0.15, 0.2) is 0 Å². The van der Waals surface area contributed by atoms with E-state index in [-0.39, 0.29) is 0 Å². The summed E-state index contributed by atoms with van der Waals surface area (Å²) < 4.78 is 6.66. The van der Waals surface area contributed by atoms with Crippen LogP contribution in [0.15, 0.2) is 23.7 Å². The highest BCUT2D eigenvalue weighted by Crippen LogP contribution is 2.27. The number of allylic oxidation sites excluding steroid dienone is 3. The molecule has 0 unspecified atom stereocenters. The van der Waals surface area contributed by atoms with Gasteiger partial charge in [-0.1, -0.05) is 259 Å². The molecule has 0 fully saturated rings. The van der Waals surface area contributed by atoms with Crippen molar-refractivity contribution in [2.45, 2.75) is 310 Å². The van der Waals surface area contributed by atoms with E-state index >= 15 is 0 Å². The van der Waals surface area contributed by atoms with Crippen LogP contribution in [-0.4, -0.2) is 0 Å². The molecule has 0 rings (SSSR count). The number of ether oxygens (including phenoxy) is 1. The number of hydrogen-bond acceptors (Lipinski definition) is 1. The predicted octanol–water partition coefficient (Wildman–Crippen LogP) is 20.0. The molecule has 1 nitrogen and oxygen atoms in total. The summed E-state index contributed by atoms with van der Waals surface area (Å²) in [5.74, 6) is 1.37. The molecule has 0 aliphatic heterocycles. The molecule has 0 heterocycles. The Morgan fingerprint density at radius 2 is 0.528 bits per heavy atom. The van der Waals surface area contributed by atoms with Gasteiger partial charge >= 0.3 is 0 Å². The van der Waals surface area contributed by atoms with Crippen molar-refractivity contribution in [3.63, 3.8) is 0 Å².